The molecule has 0 aliphatic rings. The standard InChI is InChI=1S/C15H26N2O2/c1-11(2)16-9-12(3)17-10-13-6-7-14(18-4)15(8-13)19-5/h6-8,11-12,16-17H,9-10H2,1-5H3. The van der Waals surface area contributed by atoms with E-state index in [1.807, 2.05) is 12.1 Å². The molecule has 19 heavy (non-hydrogen) atoms. The minimum absolute atomic E-state index is 0.426. The highest BCUT2D eigenvalue weighted by Gasteiger charge is 2.06. The molecule has 4 heteroatoms. The van der Waals surface area contributed by atoms with Crippen LogP contribution in [0.3, 0.4) is 0 Å². The van der Waals surface area contributed by atoms with Crippen molar-refractivity contribution in [3.63, 3.8) is 0 Å². The summed E-state index contributed by atoms with van der Waals surface area (Å²) in [5.41, 5.74) is 1.19. The highest BCUT2D eigenvalue weighted by Crippen LogP contribution is 2.27. The zero-order valence-electron chi connectivity index (χ0n) is 12.6. The van der Waals surface area contributed by atoms with E-state index < -0.39 is 0 Å². The van der Waals surface area contributed by atoms with E-state index in [-0.39, 0.29) is 0 Å². The molecule has 1 unspecified atom stereocenters. The zero-order valence-corrected chi connectivity index (χ0v) is 12.6. The number of hydrogen-bond donors (Lipinski definition) is 2. The summed E-state index contributed by atoms with van der Waals surface area (Å²) < 4.78 is 10.5. The fourth-order valence-corrected chi connectivity index (χ4v) is 1.77. The fraction of sp³-hybridized carbons (Fsp3) is 0.600. The van der Waals surface area contributed by atoms with E-state index in [1.54, 1.807) is 14.2 Å². The minimum Gasteiger partial charge on any atom is -0.493 e. The maximum atomic E-state index is 5.30. The third-order valence-electron chi connectivity index (χ3n) is 2.93. The van der Waals surface area contributed by atoms with Crippen molar-refractivity contribution in [3.05, 3.63) is 23.8 Å². The van der Waals surface area contributed by atoms with E-state index in [9.17, 15) is 0 Å². The molecular weight excluding hydrogens is 240 g/mol. The Hall–Kier alpha value is -1.26. The lowest BCUT2D eigenvalue weighted by Crippen LogP contribution is -2.38. The Kier molecular flexibility index (Phi) is 6.67. The van der Waals surface area contributed by atoms with Crippen molar-refractivity contribution >= 4 is 0 Å². The average molecular weight is 266 g/mol. The number of benzene rings is 1. The van der Waals surface area contributed by atoms with Gasteiger partial charge in [-0.2, -0.15) is 0 Å². The van der Waals surface area contributed by atoms with Crippen LogP contribution in [-0.4, -0.2) is 32.8 Å². The lowest BCUT2D eigenvalue weighted by Gasteiger charge is -2.17. The summed E-state index contributed by atoms with van der Waals surface area (Å²) in [6.07, 6.45) is 0. The first-order valence-electron chi connectivity index (χ1n) is 6.74. The van der Waals surface area contributed by atoms with Crippen LogP contribution in [0.4, 0.5) is 0 Å². The molecule has 0 amide bonds. The second-order valence-electron chi connectivity index (χ2n) is 5.03. The molecule has 0 bridgehead atoms. The minimum atomic E-state index is 0.426. The zero-order chi connectivity index (χ0) is 14.3. The molecule has 0 aliphatic carbocycles. The third-order valence-corrected chi connectivity index (χ3v) is 2.93. The molecule has 0 saturated carbocycles. The summed E-state index contributed by atoms with van der Waals surface area (Å²) in [6.45, 7) is 8.27. The van der Waals surface area contributed by atoms with Gasteiger partial charge in [-0.3, -0.25) is 0 Å². The van der Waals surface area contributed by atoms with Gasteiger partial charge >= 0.3 is 0 Å². The molecule has 0 aromatic heterocycles. The lowest BCUT2D eigenvalue weighted by molar-refractivity contribution is 0.354. The van der Waals surface area contributed by atoms with E-state index in [0.717, 1.165) is 24.6 Å². The first-order chi connectivity index (χ1) is 9.06. The largest absolute Gasteiger partial charge is 0.493 e. The van der Waals surface area contributed by atoms with Gasteiger partial charge in [0.25, 0.3) is 0 Å². The van der Waals surface area contributed by atoms with Gasteiger partial charge in [0.15, 0.2) is 11.5 Å². The molecule has 1 aromatic carbocycles. The van der Waals surface area contributed by atoms with Crippen molar-refractivity contribution in [2.45, 2.75) is 39.4 Å². The van der Waals surface area contributed by atoms with Crippen molar-refractivity contribution in [1.82, 2.24) is 10.6 Å². The van der Waals surface area contributed by atoms with Gasteiger partial charge in [-0.15, -0.1) is 0 Å². The normalized spacial score (nSPS) is 12.5. The SMILES string of the molecule is COc1ccc(CNC(C)CNC(C)C)cc1OC. The van der Waals surface area contributed by atoms with E-state index >= 15 is 0 Å². The predicted molar refractivity (Wildman–Crippen MR) is 79.0 cm³/mol. The van der Waals surface area contributed by atoms with E-state index in [2.05, 4.69) is 37.5 Å². The Bertz CT molecular complexity index is 380. The van der Waals surface area contributed by atoms with Gasteiger partial charge in [-0.1, -0.05) is 19.9 Å². The van der Waals surface area contributed by atoms with Gasteiger partial charge in [0.2, 0.25) is 0 Å². The van der Waals surface area contributed by atoms with Gasteiger partial charge in [0.05, 0.1) is 14.2 Å². The van der Waals surface area contributed by atoms with Crippen molar-refractivity contribution in [2.75, 3.05) is 20.8 Å². The number of methoxy groups -OCH3 is 2. The van der Waals surface area contributed by atoms with E-state index in [4.69, 9.17) is 9.47 Å². The second kappa shape index (κ2) is 8.02. The van der Waals surface area contributed by atoms with Crippen LogP contribution in [0, 0.1) is 0 Å². The summed E-state index contributed by atoms with van der Waals surface area (Å²) in [5, 5.41) is 6.90. The highest BCUT2D eigenvalue weighted by molar-refractivity contribution is 5.42. The Morgan fingerprint density at radius 3 is 2.26 bits per heavy atom. The summed E-state index contributed by atoms with van der Waals surface area (Å²) >= 11 is 0. The molecule has 1 atom stereocenters. The maximum Gasteiger partial charge on any atom is 0.161 e. The number of nitrogens with one attached hydrogen (secondary N) is 2. The number of rotatable bonds is 8. The molecule has 0 aliphatic heterocycles. The quantitative estimate of drug-likeness (QED) is 0.757. The molecule has 1 rings (SSSR count). The molecule has 0 radical (unpaired) electrons. The van der Waals surface area contributed by atoms with Crippen LogP contribution in [0.25, 0.3) is 0 Å². The molecule has 4 nitrogen and oxygen atoms in total. The Morgan fingerprint density at radius 1 is 1.00 bits per heavy atom. The van der Waals surface area contributed by atoms with Crippen molar-refractivity contribution in [2.24, 2.45) is 0 Å². The third kappa shape index (κ3) is 5.49. The maximum absolute atomic E-state index is 5.30. The Morgan fingerprint density at radius 2 is 1.68 bits per heavy atom. The Balaban J connectivity index is 2.49. The van der Waals surface area contributed by atoms with Gasteiger partial charge in [-0.05, 0) is 24.6 Å². The van der Waals surface area contributed by atoms with Crippen LogP contribution in [-0.2, 0) is 6.54 Å². The molecule has 1 aromatic rings. The Labute approximate surface area is 116 Å². The summed E-state index contributed by atoms with van der Waals surface area (Å²) in [7, 11) is 3.31. The molecule has 0 spiro atoms. The molecule has 0 fully saturated rings. The molecule has 108 valence electrons. The predicted octanol–water partition coefficient (Wildman–Crippen LogP) is 2.18. The second-order valence-corrected chi connectivity index (χ2v) is 5.03. The van der Waals surface area contributed by atoms with Crippen LogP contribution in [0.15, 0.2) is 18.2 Å². The first kappa shape index (κ1) is 15.8. The van der Waals surface area contributed by atoms with Crippen LogP contribution in [0.1, 0.15) is 26.3 Å². The molecular formula is C15H26N2O2. The summed E-state index contributed by atoms with van der Waals surface area (Å²) in [5.74, 6) is 1.54. The first-order valence-corrected chi connectivity index (χ1v) is 6.74. The van der Waals surface area contributed by atoms with Crippen molar-refractivity contribution in [3.8, 4) is 11.5 Å². The monoisotopic (exact) mass is 266 g/mol. The van der Waals surface area contributed by atoms with Gasteiger partial charge in [0, 0.05) is 25.2 Å². The summed E-state index contributed by atoms with van der Waals surface area (Å²) in [6, 6.07) is 6.94. The molecule has 0 heterocycles. The molecule has 0 saturated heterocycles. The van der Waals surface area contributed by atoms with E-state index in [1.165, 1.54) is 5.56 Å². The lowest BCUT2D eigenvalue weighted by atomic mass is 10.2. The summed E-state index contributed by atoms with van der Waals surface area (Å²) in [4.78, 5) is 0. The van der Waals surface area contributed by atoms with Crippen LogP contribution < -0.4 is 20.1 Å². The average Bonchev–Trinajstić information content (AvgIpc) is 2.42. The van der Waals surface area contributed by atoms with Crippen LogP contribution in [0.2, 0.25) is 0 Å². The van der Waals surface area contributed by atoms with Gasteiger partial charge in [-0.25, -0.2) is 0 Å². The van der Waals surface area contributed by atoms with E-state index in [0.29, 0.717) is 12.1 Å². The fourth-order valence-electron chi connectivity index (χ4n) is 1.77. The van der Waals surface area contributed by atoms with Gasteiger partial charge in [0.1, 0.15) is 0 Å². The van der Waals surface area contributed by atoms with Gasteiger partial charge < -0.3 is 20.1 Å². The van der Waals surface area contributed by atoms with Crippen molar-refractivity contribution in [1.29, 1.82) is 0 Å². The highest BCUT2D eigenvalue weighted by atomic mass is 16.5. The van der Waals surface area contributed by atoms with Crippen LogP contribution >= 0.6 is 0 Å². The smallest absolute Gasteiger partial charge is 0.161 e. The number of hydrogen-bond acceptors (Lipinski definition) is 4. The van der Waals surface area contributed by atoms with Crippen LogP contribution in [0.5, 0.6) is 11.5 Å². The topological polar surface area (TPSA) is 42.5 Å². The van der Waals surface area contributed by atoms with Crippen molar-refractivity contribution < 1.29 is 9.47 Å². The molecule has 2 N–H and O–H groups in total. The number of ether oxygens (including phenoxy) is 2.